The Morgan fingerprint density at radius 2 is 1.90 bits per heavy atom. The van der Waals surface area contributed by atoms with Crippen LogP contribution in [0.25, 0.3) is 11.4 Å². The molecule has 0 bridgehead atoms. The van der Waals surface area contributed by atoms with E-state index in [9.17, 15) is 4.79 Å². The molecular weight excluding hydrogens is 264 g/mol. The van der Waals surface area contributed by atoms with Crippen LogP contribution in [-0.2, 0) is 4.74 Å². The van der Waals surface area contributed by atoms with E-state index in [0.717, 1.165) is 5.56 Å². The van der Waals surface area contributed by atoms with Crippen molar-refractivity contribution in [2.45, 2.75) is 33.6 Å². The Balaban J connectivity index is 2.29. The van der Waals surface area contributed by atoms with E-state index in [1.54, 1.807) is 13.8 Å². The van der Waals surface area contributed by atoms with Crippen molar-refractivity contribution in [2.24, 2.45) is 0 Å². The molecule has 21 heavy (non-hydrogen) atoms. The first-order chi connectivity index (χ1) is 10.0. The highest BCUT2D eigenvalue weighted by Crippen LogP contribution is 2.20. The van der Waals surface area contributed by atoms with Crippen LogP contribution in [0.2, 0.25) is 0 Å². The van der Waals surface area contributed by atoms with Gasteiger partial charge < -0.3 is 4.74 Å². The summed E-state index contributed by atoms with van der Waals surface area (Å²) in [6.45, 7) is 8.23. The van der Waals surface area contributed by atoms with Gasteiger partial charge in [-0.25, -0.2) is 14.8 Å². The normalized spacial score (nSPS) is 10.7. The monoisotopic (exact) mass is 284 g/mol. The first-order valence-corrected chi connectivity index (χ1v) is 7.14. The van der Waals surface area contributed by atoms with Crippen LogP contribution in [0.4, 0.5) is 0 Å². The number of benzene rings is 1. The van der Waals surface area contributed by atoms with Crippen molar-refractivity contribution in [3.8, 4) is 11.4 Å². The van der Waals surface area contributed by atoms with Crippen LogP contribution >= 0.6 is 0 Å². The molecule has 0 N–H and O–H groups in total. The van der Waals surface area contributed by atoms with Crippen molar-refractivity contribution in [3.63, 3.8) is 0 Å². The van der Waals surface area contributed by atoms with Crippen molar-refractivity contribution in [1.82, 2.24) is 9.97 Å². The highest BCUT2D eigenvalue weighted by molar-refractivity contribution is 5.90. The molecule has 0 saturated heterocycles. The lowest BCUT2D eigenvalue weighted by atomic mass is 10.0. The number of aryl methyl sites for hydroxylation is 1. The summed E-state index contributed by atoms with van der Waals surface area (Å²) in [5, 5.41) is 0. The molecule has 1 aromatic carbocycles. The van der Waals surface area contributed by atoms with Crippen molar-refractivity contribution in [2.75, 3.05) is 6.61 Å². The van der Waals surface area contributed by atoms with Crippen LogP contribution in [-0.4, -0.2) is 22.5 Å². The van der Waals surface area contributed by atoms with E-state index in [1.807, 2.05) is 12.1 Å². The van der Waals surface area contributed by atoms with Gasteiger partial charge in [-0.3, -0.25) is 0 Å². The Morgan fingerprint density at radius 3 is 2.43 bits per heavy atom. The van der Waals surface area contributed by atoms with E-state index >= 15 is 0 Å². The second-order valence-corrected chi connectivity index (χ2v) is 5.19. The molecule has 1 aromatic heterocycles. The van der Waals surface area contributed by atoms with Crippen molar-refractivity contribution < 1.29 is 9.53 Å². The van der Waals surface area contributed by atoms with Gasteiger partial charge in [0.25, 0.3) is 0 Å². The minimum atomic E-state index is -0.378. The van der Waals surface area contributed by atoms with Crippen molar-refractivity contribution in [1.29, 1.82) is 0 Å². The molecule has 4 nitrogen and oxygen atoms in total. The number of carbonyl (C=O) groups excluding carboxylic acids is 1. The van der Waals surface area contributed by atoms with Gasteiger partial charge in [0.2, 0.25) is 0 Å². The molecule has 4 heteroatoms. The van der Waals surface area contributed by atoms with Crippen molar-refractivity contribution in [3.05, 3.63) is 47.3 Å². The highest BCUT2D eigenvalue weighted by atomic mass is 16.5. The maximum absolute atomic E-state index is 11.7. The summed E-state index contributed by atoms with van der Waals surface area (Å²) in [7, 11) is 0. The second-order valence-electron chi connectivity index (χ2n) is 5.19. The first kappa shape index (κ1) is 15.2. The summed E-state index contributed by atoms with van der Waals surface area (Å²) in [6, 6.07) is 8.18. The molecule has 2 aromatic rings. The summed E-state index contributed by atoms with van der Waals surface area (Å²) in [5.41, 5.74) is 3.27. The number of nitrogens with zero attached hydrogens (tertiary/aromatic N) is 2. The van der Waals surface area contributed by atoms with Crippen LogP contribution in [0, 0.1) is 6.92 Å². The molecule has 2 rings (SSSR count). The van der Waals surface area contributed by atoms with E-state index < -0.39 is 0 Å². The average molecular weight is 284 g/mol. The molecule has 0 saturated carbocycles. The predicted molar refractivity (Wildman–Crippen MR) is 82.3 cm³/mol. The molecule has 0 aliphatic heterocycles. The SMILES string of the molecule is CCOC(=O)c1cnc(-c2ccc(C(C)C)cc2)nc1C. The molecule has 0 unspecified atom stereocenters. The van der Waals surface area contributed by atoms with Gasteiger partial charge in [-0.15, -0.1) is 0 Å². The van der Waals surface area contributed by atoms with E-state index in [-0.39, 0.29) is 5.97 Å². The number of ether oxygens (including phenoxy) is 1. The minimum Gasteiger partial charge on any atom is -0.462 e. The smallest absolute Gasteiger partial charge is 0.341 e. The molecular formula is C17H20N2O2. The first-order valence-electron chi connectivity index (χ1n) is 7.14. The van der Waals surface area contributed by atoms with Crippen molar-refractivity contribution >= 4 is 5.97 Å². The summed E-state index contributed by atoms with van der Waals surface area (Å²) < 4.78 is 4.98. The third kappa shape index (κ3) is 3.45. The number of hydrogen-bond acceptors (Lipinski definition) is 4. The summed E-state index contributed by atoms with van der Waals surface area (Å²) >= 11 is 0. The van der Waals surface area contributed by atoms with E-state index in [4.69, 9.17) is 4.74 Å². The quantitative estimate of drug-likeness (QED) is 0.802. The third-order valence-electron chi connectivity index (χ3n) is 3.31. The van der Waals surface area contributed by atoms with Gasteiger partial charge in [-0.2, -0.15) is 0 Å². The van der Waals surface area contributed by atoms with Gasteiger partial charge in [0.1, 0.15) is 0 Å². The second kappa shape index (κ2) is 6.48. The molecule has 1 heterocycles. The Bertz CT molecular complexity index is 634. The summed E-state index contributed by atoms with van der Waals surface area (Å²) in [4.78, 5) is 20.4. The fourth-order valence-electron chi connectivity index (χ4n) is 2.03. The lowest BCUT2D eigenvalue weighted by Gasteiger charge is -2.08. The van der Waals surface area contributed by atoms with Gasteiger partial charge in [0.15, 0.2) is 5.82 Å². The minimum absolute atomic E-state index is 0.344. The number of hydrogen-bond donors (Lipinski definition) is 0. The Kier molecular flexibility index (Phi) is 4.68. The van der Waals surface area contributed by atoms with Gasteiger partial charge in [0, 0.05) is 11.8 Å². The predicted octanol–water partition coefficient (Wildman–Crippen LogP) is 3.75. The topological polar surface area (TPSA) is 52.1 Å². The largest absolute Gasteiger partial charge is 0.462 e. The lowest BCUT2D eigenvalue weighted by Crippen LogP contribution is -2.09. The zero-order chi connectivity index (χ0) is 15.4. The molecule has 0 amide bonds. The molecule has 0 radical (unpaired) electrons. The molecule has 0 atom stereocenters. The summed E-state index contributed by atoms with van der Waals surface area (Å²) in [5.74, 6) is 0.737. The Labute approximate surface area is 125 Å². The lowest BCUT2D eigenvalue weighted by molar-refractivity contribution is 0.0524. The zero-order valence-corrected chi connectivity index (χ0v) is 12.9. The molecule has 0 aliphatic rings. The Hall–Kier alpha value is -2.23. The third-order valence-corrected chi connectivity index (χ3v) is 3.31. The molecule has 0 fully saturated rings. The van der Waals surface area contributed by atoms with Crippen LogP contribution < -0.4 is 0 Å². The van der Waals surface area contributed by atoms with Gasteiger partial charge in [-0.1, -0.05) is 38.1 Å². The number of esters is 1. The van der Waals surface area contributed by atoms with Crippen LogP contribution in [0.1, 0.15) is 48.3 Å². The van der Waals surface area contributed by atoms with Crippen LogP contribution in [0.5, 0.6) is 0 Å². The highest BCUT2D eigenvalue weighted by Gasteiger charge is 2.13. The standard InChI is InChI=1S/C17H20N2O2/c1-5-21-17(20)15-10-18-16(19-12(15)4)14-8-6-13(7-9-14)11(2)3/h6-11H,5H2,1-4H3. The van der Waals surface area contributed by atoms with Crippen LogP contribution in [0.15, 0.2) is 30.5 Å². The van der Waals surface area contributed by atoms with Gasteiger partial charge >= 0.3 is 5.97 Å². The Morgan fingerprint density at radius 1 is 1.24 bits per heavy atom. The van der Waals surface area contributed by atoms with E-state index in [1.165, 1.54) is 11.8 Å². The number of carbonyl (C=O) groups is 1. The van der Waals surface area contributed by atoms with Gasteiger partial charge in [-0.05, 0) is 25.3 Å². The maximum atomic E-state index is 11.7. The van der Waals surface area contributed by atoms with Gasteiger partial charge in [0.05, 0.1) is 17.9 Å². The fourth-order valence-corrected chi connectivity index (χ4v) is 2.03. The van der Waals surface area contributed by atoms with E-state index in [0.29, 0.717) is 29.6 Å². The number of aromatic nitrogens is 2. The summed E-state index contributed by atoms with van der Waals surface area (Å²) in [6.07, 6.45) is 1.53. The average Bonchev–Trinajstić information content (AvgIpc) is 2.47. The van der Waals surface area contributed by atoms with E-state index in [2.05, 4.69) is 35.9 Å². The molecule has 0 spiro atoms. The number of rotatable bonds is 4. The molecule has 0 aliphatic carbocycles. The zero-order valence-electron chi connectivity index (χ0n) is 12.9. The molecule has 110 valence electrons. The maximum Gasteiger partial charge on any atom is 0.341 e. The fraction of sp³-hybridized carbons (Fsp3) is 0.353. The van der Waals surface area contributed by atoms with Crippen LogP contribution in [0.3, 0.4) is 0 Å².